The fraction of sp³-hybridized carbons (Fsp3) is 0.500. The first-order chi connectivity index (χ1) is 15.2. The molecule has 164 valence electrons. The molecule has 7 nitrogen and oxygen atoms in total. The van der Waals surface area contributed by atoms with Gasteiger partial charge in [-0.2, -0.15) is 0 Å². The summed E-state index contributed by atoms with van der Waals surface area (Å²) in [6, 6.07) is 9.10. The van der Waals surface area contributed by atoms with Gasteiger partial charge in [0.05, 0.1) is 13.0 Å². The molecule has 7 heteroatoms. The monoisotopic (exact) mass is 422 g/mol. The van der Waals surface area contributed by atoms with Crippen molar-refractivity contribution in [2.24, 2.45) is 5.92 Å². The number of pyridine rings is 2. The minimum absolute atomic E-state index is 0.0661. The fourth-order valence-corrected chi connectivity index (χ4v) is 4.28. The lowest BCUT2D eigenvalue weighted by molar-refractivity contribution is -0.131. The second-order valence-electron chi connectivity index (χ2n) is 8.39. The van der Waals surface area contributed by atoms with Crippen LogP contribution in [0.1, 0.15) is 48.2 Å². The van der Waals surface area contributed by atoms with Gasteiger partial charge < -0.3 is 14.5 Å². The van der Waals surface area contributed by atoms with E-state index in [1.165, 1.54) is 32.1 Å². The minimum Gasteiger partial charge on any atom is -0.477 e. The minimum atomic E-state index is -0.109. The summed E-state index contributed by atoms with van der Waals surface area (Å²) >= 11 is 0. The number of hydrogen-bond donors (Lipinski definition) is 0. The Hall–Kier alpha value is -2.96. The van der Waals surface area contributed by atoms with Crippen LogP contribution in [0.4, 0.5) is 0 Å². The fourth-order valence-electron chi connectivity index (χ4n) is 4.28. The maximum atomic E-state index is 12.9. The molecule has 1 aliphatic carbocycles. The molecule has 2 aromatic rings. The van der Waals surface area contributed by atoms with Gasteiger partial charge in [0.15, 0.2) is 0 Å². The van der Waals surface area contributed by atoms with Crippen LogP contribution in [0, 0.1) is 5.92 Å². The Morgan fingerprint density at radius 2 is 1.74 bits per heavy atom. The molecule has 0 atom stereocenters. The van der Waals surface area contributed by atoms with Crippen LogP contribution in [-0.2, 0) is 11.2 Å². The summed E-state index contributed by atoms with van der Waals surface area (Å²) in [4.78, 5) is 37.5. The first-order valence-corrected chi connectivity index (χ1v) is 11.2. The summed E-state index contributed by atoms with van der Waals surface area (Å²) in [6.45, 7) is 2.74. The van der Waals surface area contributed by atoms with Gasteiger partial charge in [-0.15, -0.1) is 0 Å². The average Bonchev–Trinajstić information content (AvgIpc) is 2.84. The second kappa shape index (κ2) is 10.4. The van der Waals surface area contributed by atoms with Crippen LogP contribution in [0.2, 0.25) is 0 Å². The van der Waals surface area contributed by atoms with Gasteiger partial charge >= 0.3 is 0 Å². The van der Waals surface area contributed by atoms with E-state index < -0.39 is 0 Å². The Morgan fingerprint density at radius 3 is 2.48 bits per heavy atom. The van der Waals surface area contributed by atoms with E-state index in [9.17, 15) is 9.59 Å². The normalized spacial score (nSPS) is 17.4. The van der Waals surface area contributed by atoms with E-state index in [1.807, 2.05) is 29.2 Å². The van der Waals surface area contributed by atoms with Crippen molar-refractivity contribution in [1.82, 2.24) is 19.8 Å². The molecule has 4 rings (SSSR count). The van der Waals surface area contributed by atoms with Gasteiger partial charge in [-0.05, 0) is 36.5 Å². The summed E-state index contributed by atoms with van der Waals surface area (Å²) < 4.78 is 5.89. The predicted octanol–water partition coefficient (Wildman–Crippen LogP) is 2.96. The van der Waals surface area contributed by atoms with Crippen LogP contribution in [0.25, 0.3) is 0 Å². The van der Waals surface area contributed by atoms with Crippen LogP contribution in [0.5, 0.6) is 5.88 Å². The van der Waals surface area contributed by atoms with Crippen molar-refractivity contribution in [2.75, 3.05) is 32.8 Å². The molecule has 3 heterocycles. The number of piperazine rings is 1. The predicted molar refractivity (Wildman–Crippen MR) is 117 cm³/mol. The van der Waals surface area contributed by atoms with Gasteiger partial charge in [-0.1, -0.05) is 31.4 Å². The van der Waals surface area contributed by atoms with Gasteiger partial charge in [-0.25, -0.2) is 4.98 Å². The third-order valence-corrected chi connectivity index (χ3v) is 6.13. The van der Waals surface area contributed by atoms with E-state index in [2.05, 4.69) is 9.97 Å². The molecule has 2 aromatic heterocycles. The highest BCUT2D eigenvalue weighted by atomic mass is 16.5. The number of nitrogens with zero attached hydrogens (tertiary/aromatic N) is 4. The van der Waals surface area contributed by atoms with Crippen molar-refractivity contribution in [1.29, 1.82) is 0 Å². The molecule has 1 aliphatic heterocycles. The molecular formula is C24H30N4O3. The van der Waals surface area contributed by atoms with E-state index in [1.54, 1.807) is 23.4 Å². The van der Waals surface area contributed by atoms with Crippen molar-refractivity contribution in [3.8, 4) is 5.88 Å². The molecule has 1 saturated carbocycles. The Kier molecular flexibility index (Phi) is 7.12. The molecule has 0 bridgehead atoms. The van der Waals surface area contributed by atoms with Crippen LogP contribution in [0.3, 0.4) is 0 Å². The Bertz CT molecular complexity index is 875. The molecule has 2 fully saturated rings. The van der Waals surface area contributed by atoms with Crippen LogP contribution < -0.4 is 4.74 Å². The molecule has 2 aliphatic rings. The molecule has 31 heavy (non-hydrogen) atoms. The molecule has 0 radical (unpaired) electrons. The maximum Gasteiger partial charge on any atom is 0.272 e. The quantitative estimate of drug-likeness (QED) is 0.715. The summed E-state index contributed by atoms with van der Waals surface area (Å²) in [5.74, 6) is 1.06. The van der Waals surface area contributed by atoms with E-state index in [0.717, 1.165) is 5.56 Å². The third-order valence-electron chi connectivity index (χ3n) is 6.13. The third kappa shape index (κ3) is 5.81. The lowest BCUT2D eigenvalue weighted by Gasteiger charge is -2.34. The largest absolute Gasteiger partial charge is 0.477 e. The standard InChI is InChI=1S/C24H30N4O3/c29-23(16-20-8-5-11-25-17-20)27-12-14-28(15-13-27)24(30)21-9-4-10-22(26-21)31-18-19-6-2-1-3-7-19/h4-5,8-11,17,19H,1-3,6-7,12-16,18H2. The Labute approximate surface area is 183 Å². The van der Waals surface area contributed by atoms with E-state index in [-0.39, 0.29) is 11.8 Å². The Morgan fingerprint density at radius 1 is 0.968 bits per heavy atom. The second-order valence-corrected chi connectivity index (χ2v) is 8.39. The molecular weight excluding hydrogens is 392 g/mol. The lowest BCUT2D eigenvalue weighted by atomic mass is 9.90. The van der Waals surface area contributed by atoms with Gasteiger partial charge in [-0.3, -0.25) is 14.6 Å². The van der Waals surface area contributed by atoms with Crippen LogP contribution >= 0.6 is 0 Å². The molecule has 0 aromatic carbocycles. The van der Waals surface area contributed by atoms with Gasteiger partial charge in [0.25, 0.3) is 5.91 Å². The number of carbonyl (C=O) groups excluding carboxylic acids is 2. The SMILES string of the molecule is O=C(Cc1cccnc1)N1CCN(C(=O)c2cccc(OCC3CCCCC3)n2)CC1. The first kappa shape index (κ1) is 21.3. The number of aromatic nitrogens is 2. The van der Waals surface area contributed by atoms with Crippen LogP contribution in [0.15, 0.2) is 42.7 Å². The highest BCUT2D eigenvalue weighted by Crippen LogP contribution is 2.24. The molecule has 0 N–H and O–H groups in total. The highest BCUT2D eigenvalue weighted by molar-refractivity contribution is 5.92. The lowest BCUT2D eigenvalue weighted by Crippen LogP contribution is -2.51. The molecule has 2 amide bonds. The summed E-state index contributed by atoms with van der Waals surface area (Å²) in [5.41, 5.74) is 1.30. The molecule has 0 spiro atoms. The summed E-state index contributed by atoms with van der Waals surface area (Å²) in [5, 5.41) is 0. The smallest absolute Gasteiger partial charge is 0.272 e. The number of carbonyl (C=O) groups is 2. The van der Waals surface area contributed by atoms with Gasteiger partial charge in [0.1, 0.15) is 5.69 Å². The number of hydrogen-bond acceptors (Lipinski definition) is 5. The zero-order valence-electron chi connectivity index (χ0n) is 17.9. The van der Waals surface area contributed by atoms with Gasteiger partial charge in [0.2, 0.25) is 11.8 Å². The van der Waals surface area contributed by atoms with Crippen molar-refractivity contribution in [3.05, 3.63) is 54.0 Å². The van der Waals surface area contributed by atoms with Crippen molar-refractivity contribution in [3.63, 3.8) is 0 Å². The van der Waals surface area contributed by atoms with Crippen molar-refractivity contribution < 1.29 is 14.3 Å². The Balaban J connectivity index is 1.27. The topological polar surface area (TPSA) is 75.6 Å². The number of amides is 2. The first-order valence-electron chi connectivity index (χ1n) is 11.2. The van der Waals surface area contributed by atoms with E-state index in [4.69, 9.17) is 4.74 Å². The summed E-state index contributed by atoms with van der Waals surface area (Å²) in [7, 11) is 0. The zero-order chi connectivity index (χ0) is 21.5. The zero-order valence-corrected chi connectivity index (χ0v) is 17.9. The van der Waals surface area contributed by atoms with Crippen molar-refractivity contribution in [2.45, 2.75) is 38.5 Å². The average molecular weight is 423 g/mol. The maximum absolute atomic E-state index is 12.9. The molecule has 0 unspecified atom stereocenters. The van der Waals surface area contributed by atoms with Crippen LogP contribution in [-0.4, -0.2) is 64.4 Å². The molecule has 1 saturated heterocycles. The van der Waals surface area contributed by atoms with E-state index >= 15 is 0 Å². The number of ether oxygens (including phenoxy) is 1. The number of rotatable bonds is 6. The van der Waals surface area contributed by atoms with E-state index in [0.29, 0.717) is 56.7 Å². The van der Waals surface area contributed by atoms with Gasteiger partial charge in [0, 0.05) is 44.6 Å². The highest BCUT2D eigenvalue weighted by Gasteiger charge is 2.26. The summed E-state index contributed by atoms with van der Waals surface area (Å²) in [6.07, 6.45) is 10.0. The van der Waals surface area contributed by atoms with Crippen molar-refractivity contribution >= 4 is 11.8 Å².